The molecule has 0 spiro atoms. The highest BCUT2D eigenvalue weighted by molar-refractivity contribution is 5.65. The van der Waals surface area contributed by atoms with Crippen LogP contribution in [0.25, 0.3) is 11.1 Å². The Bertz CT molecular complexity index is 492. The van der Waals surface area contributed by atoms with Gasteiger partial charge in [-0.1, -0.05) is 30.3 Å². The van der Waals surface area contributed by atoms with Crippen LogP contribution in [-0.2, 0) is 6.61 Å². The summed E-state index contributed by atoms with van der Waals surface area (Å²) in [7, 11) is 0. The third kappa shape index (κ3) is 1.97. The van der Waals surface area contributed by atoms with Crippen molar-refractivity contribution in [3.63, 3.8) is 0 Å². The third-order valence-corrected chi connectivity index (χ3v) is 2.68. The number of rotatable bonds is 2. The summed E-state index contributed by atoms with van der Waals surface area (Å²) in [5.41, 5.74) is 2.97. The molecule has 0 aliphatic carbocycles. The summed E-state index contributed by atoms with van der Waals surface area (Å²) in [5, 5.41) is 9.04. The minimum absolute atomic E-state index is 0.127. The van der Waals surface area contributed by atoms with E-state index < -0.39 is 0 Å². The van der Waals surface area contributed by atoms with E-state index in [9.17, 15) is 4.39 Å². The van der Waals surface area contributed by atoms with E-state index in [0.29, 0.717) is 11.1 Å². The molecule has 0 fully saturated rings. The summed E-state index contributed by atoms with van der Waals surface area (Å²) in [4.78, 5) is 0. The molecule has 2 rings (SSSR count). The third-order valence-electron chi connectivity index (χ3n) is 2.68. The zero-order valence-corrected chi connectivity index (χ0v) is 9.07. The predicted octanol–water partition coefficient (Wildman–Crippen LogP) is 3.29. The van der Waals surface area contributed by atoms with E-state index in [-0.39, 0.29) is 12.4 Å². The van der Waals surface area contributed by atoms with Crippen molar-refractivity contribution < 1.29 is 9.50 Å². The zero-order chi connectivity index (χ0) is 11.5. The number of hydrogen-bond donors (Lipinski definition) is 1. The minimum Gasteiger partial charge on any atom is -0.392 e. The molecule has 0 radical (unpaired) electrons. The van der Waals surface area contributed by atoms with Crippen molar-refractivity contribution in [3.05, 3.63) is 59.4 Å². The van der Waals surface area contributed by atoms with Crippen LogP contribution >= 0.6 is 0 Å². The predicted molar refractivity (Wildman–Crippen MR) is 62.5 cm³/mol. The summed E-state index contributed by atoms with van der Waals surface area (Å²) in [6, 6.07) is 12.6. The Morgan fingerprint density at radius 3 is 2.44 bits per heavy atom. The van der Waals surface area contributed by atoms with Crippen molar-refractivity contribution in [3.8, 4) is 11.1 Å². The molecule has 0 atom stereocenters. The molecule has 0 saturated heterocycles. The molecule has 0 bridgehead atoms. The smallest absolute Gasteiger partial charge is 0.131 e. The lowest BCUT2D eigenvalue weighted by Crippen LogP contribution is -1.93. The Morgan fingerprint density at radius 2 is 1.81 bits per heavy atom. The fourth-order valence-corrected chi connectivity index (χ4v) is 1.73. The Morgan fingerprint density at radius 1 is 1.12 bits per heavy atom. The number of aryl methyl sites for hydroxylation is 1. The maximum absolute atomic E-state index is 13.8. The lowest BCUT2D eigenvalue weighted by molar-refractivity contribution is 0.280. The van der Waals surface area contributed by atoms with Crippen molar-refractivity contribution in [2.75, 3.05) is 0 Å². The molecular formula is C14H13FO. The van der Waals surface area contributed by atoms with Gasteiger partial charge in [0.2, 0.25) is 0 Å². The normalized spacial score (nSPS) is 10.4. The van der Waals surface area contributed by atoms with Crippen LogP contribution in [0.3, 0.4) is 0 Å². The fourth-order valence-electron chi connectivity index (χ4n) is 1.73. The lowest BCUT2D eigenvalue weighted by atomic mass is 9.99. The number of aliphatic hydroxyl groups excluding tert-OH is 1. The summed E-state index contributed by atoms with van der Waals surface area (Å²) in [6.07, 6.45) is 0. The zero-order valence-electron chi connectivity index (χ0n) is 9.07. The van der Waals surface area contributed by atoms with Crippen molar-refractivity contribution in [1.82, 2.24) is 0 Å². The second kappa shape index (κ2) is 4.45. The molecule has 0 unspecified atom stereocenters. The molecule has 16 heavy (non-hydrogen) atoms. The SMILES string of the molecule is Cc1cc(-c2ccccc2)c(F)cc1CO. The van der Waals surface area contributed by atoms with Gasteiger partial charge in [-0.2, -0.15) is 0 Å². The summed E-state index contributed by atoms with van der Waals surface area (Å²) >= 11 is 0. The fraction of sp³-hybridized carbons (Fsp3) is 0.143. The summed E-state index contributed by atoms with van der Waals surface area (Å²) in [6.45, 7) is 1.75. The van der Waals surface area contributed by atoms with E-state index >= 15 is 0 Å². The van der Waals surface area contributed by atoms with Gasteiger partial charge in [-0.05, 0) is 35.7 Å². The van der Waals surface area contributed by atoms with E-state index in [1.54, 1.807) is 6.07 Å². The van der Waals surface area contributed by atoms with Crippen LogP contribution in [0.5, 0.6) is 0 Å². The molecule has 0 aliphatic heterocycles. The molecule has 1 N–H and O–H groups in total. The van der Waals surface area contributed by atoms with Crippen molar-refractivity contribution in [2.45, 2.75) is 13.5 Å². The quantitative estimate of drug-likeness (QED) is 0.816. The highest BCUT2D eigenvalue weighted by Crippen LogP contribution is 2.25. The molecule has 0 saturated carbocycles. The Labute approximate surface area is 94.2 Å². The van der Waals surface area contributed by atoms with Crippen LogP contribution in [-0.4, -0.2) is 5.11 Å². The molecule has 2 aromatic carbocycles. The van der Waals surface area contributed by atoms with Crippen LogP contribution in [0.4, 0.5) is 4.39 Å². The minimum atomic E-state index is -0.291. The van der Waals surface area contributed by atoms with Gasteiger partial charge in [-0.25, -0.2) is 4.39 Å². The standard InChI is InChI=1S/C14H13FO/c1-10-7-13(11-5-3-2-4-6-11)14(15)8-12(10)9-16/h2-8,16H,9H2,1H3. The van der Waals surface area contributed by atoms with Gasteiger partial charge in [0, 0.05) is 5.56 Å². The highest BCUT2D eigenvalue weighted by atomic mass is 19.1. The molecular weight excluding hydrogens is 203 g/mol. The van der Waals surface area contributed by atoms with Gasteiger partial charge in [0.1, 0.15) is 5.82 Å². The van der Waals surface area contributed by atoms with Crippen LogP contribution in [0.2, 0.25) is 0 Å². The van der Waals surface area contributed by atoms with Gasteiger partial charge in [0.05, 0.1) is 6.61 Å². The molecule has 82 valence electrons. The van der Waals surface area contributed by atoms with Gasteiger partial charge < -0.3 is 5.11 Å². The average Bonchev–Trinajstić information content (AvgIpc) is 2.32. The van der Waals surface area contributed by atoms with Gasteiger partial charge >= 0.3 is 0 Å². The van der Waals surface area contributed by atoms with Crippen LogP contribution in [0, 0.1) is 12.7 Å². The molecule has 2 heteroatoms. The monoisotopic (exact) mass is 216 g/mol. The van der Waals surface area contributed by atoms with Crippen LogP contribution < -0.4 is 0 Å². The molecule has 2 aromatic rings. The second-order valence-corrected chi connectivity index (χ2v) is 3.78. The maximum atomic E-state index is 13.8. The Hall–Kier alpha value is -1.67. The maximum Gasteiger partial charge on any atom is 0.131 e. The van der Waals surface area contributed by atoms with Crippen LogP contribution in [0.15, 0.2) is 42.5 Å². The van der Waals surface area contributed by atoms with E-state index in [0.717, 1.165) is 11.1 Å². The first-order valence-corrected chi connectivity index (χ1v) is 5.17. The van der Waals surface area contributed by atoms with E-state index in [1.165, 1.54) is 6.07 Å². The van der Waals surface area contributed by atoms with Gasteiger partial charge in [0.25, 0.3) is 0 Å². The van der Waals surface area contributed by atoms with Crippen molar-refractivity contribution in [2.24, 2.45) is 0 Å². The lowest BCUT2D eigenvalue weighted by Gasteiger charge is -2.08. The molecule has 0 aliphatic rings. The second-order valence-electron chi connectivity index (χ2n) is 3.78. The van der Waals surface area contributed by atoms with Gasteiger partial charge in [0.15, 0.2) is 0 Å². The van der Waals surface area contributed by atoms with E-state index in [1.807, 2.05) is 37.3 Å². The van der Waals surface area contributed by atoms with E-state index in [2.05, 4.69) is 0 Å². The molecule has 1 nitrogen and oxygen atoms in total. The van der Waals surface area contributed by atoms with Gasteiger partial charge in [-0.15, -0.1) is 0 Å². The summed E-state index contributed by atoms with van der Waals surface area (Å²) in [5.74, 6) is -0.291. The number of hydrogen-bond acceptors (Lipinski definition) is 1. The topological polar surface area (TPSA) is 20.2 Å². The molecule has 0 heterocycles. The first-order chi connectivity index (χ1) is 7.72. The number of aliphatic hydroxyl groups is 1. The van der Waals surface area contributed by atoms with Crippen molar-refractivity contribution >= 4 is 0 Å². The highest BCUT2D eigenvalue weighted by Gasteiger charge is 2.08. The van der Waals surface area contributed by atoms with Gasteiger partial charge in [-0.3, -0.25) is 0 Å². The Balaban J connectivity index is 2.55. The Kier molecular flexibility index (Phi) is 3.02. The van der Waals surface area contributed by atoms with Crippen LogP contribution in [0.1, 0.15) is 11.1 Å². The first kappa shape index (κ1) is 10.8. The average molecular weight is 216 g/mol. The number of benzene rings is 2. The first-order valence-electron chi connectivity index (χ1n) is 5.17. The summed E-state index contributed by atoms with van der Waals surface area (Å²) < 4.78 is 13.8. The van der Waals surface area contributed by atoms with Crippen molar-refractivity contribution in [1.29, 1.82) is 0 Å². The van der Waals surface area contributed by atoms with E-state index in [4.69, 9.17) is 5.11 Å². The molecule has 0 aromatic heterocycles. The largest absolute Gasteiger partial charge is 0.392 e. The number of halogens is 1. The molecule has 0 amide bonds.